The molecule has 3 aromatic rings. The van der Waals surface area contributed by atoms with E-state index in [0.29, 0.717) is 0 Å². The van der Waals surface area contributed by atoms with Gasteiger partial charge < -0.3 is 5.11 Å². The Labute approximate surface area is 129 Å². The van der Waals surface area contributed by atoms with Gasteiger partial charge in [-0.25, -0.2) is 0 Å². The fourth-order valence-corrected chi connectivity index (χ4v) is 1.87. The maximum Gasteiger partial charge on any atom is 0.317 e. The van der Waals surface area contributed by atoms with Gasteiger partial charge in [-0.05, 0) is 13.0 Å². The lowest BCUT2D eigenvalue weighted by molar-refractivity contribution is -0.394. The van der Waals surface area contributed by atoms with E-state index in [1.165, 1.54) is 6.92 Å². The van der Waals surface area contributed by atoms with Crippen molar-refractivity contribution in [1.82, 2.24) is 10.2 Å². The van der Waals surface area contributed by atoms with Crippen LogP contribution in [-0.4, -0.2) is 25.2 Å². The Bertz CT molecular complexity index is 844. The van der Waals surface area contributed by atoms with E-state index in [4.69, 9.17) is 0 Å². The van der Waals surface area contributed by atoms with Crippen LogP contribution in [0.5, 0.6) is 5.75 Å². The second-order valence-corrected chi connectivity index (χ2v) is 4.60. The normalized spacial score (nSPS) is 9.96. The minimum absolute atomic E-state index is 0.103. The van der Waals surface area contributed by atoms with Gasteiger partial charge in [-0.3, -0.25) is 25.3 Å². The number of nitro groups is 2. The quantitative estimate of drug-likeness (QED) is 0.551. The van der Waals surface area contributed by atoms with Gasteiger partial charge in [0, 0.05) is 17.0 Å². The first-order chi connectivity index (χ1) is 10.9. The van der Waals surface area contributed by atoms with E-state index in [0.717, 1.165) is 23.0 Å². The summed E-state index contributed by atoms with van der Waals surface area (Å²) in [6.07, 6.45) is 1.81. The average molecular weight is 316 g/mol. The van der Waals surface area contributed by atoms with Gasteiger partial charge in [0.15, 0.2) is 5.75 Å². The predicted molar refractivity (Wildman–Crippen MR) is 82.2 cm³/mol. The molecular formula is C14H12N4O5. The summed E-state index contributed by atoms with van der Waals surface area (Å²) in [5.41, 5.74) is 0.132. The number of nitrogens with zero attached hydrogens (tertiary/aromatic N) is 3. The summed E-state index contributed by atoms with van der Waals surface area (Å²) in [6.45, 7) is 1.36. The summed E-state index contributed by atoms with van der Waals surface area (Å²) in [6, 6.07) is 9.81. The van der Waals surface area contributed by atoms with E-state index in [1.807, 2.05) is 30.5 Å². The predicted octanol–water partition coefficient (Wildman–Crippen LogP) is 3.08. The first kappa shape index (κ1) is 15.9. The lowest BCUT2D eigenvalue weighted by atomic mass is 10.1. The van der Waals surface area contributed by atoms with Crippen molar-refractivity contribution in [2.24, 2.45) is 0 Å². The summed E-state index contributed by atoms with van der Waals surface area (Å²) in [5.74, 6) is -0.541. The summed E-state index contributed by atoms with van der Waals surface area (Å²) in [5, 5.41) is 37.8. The minimum Gasteiger partial charge on any atom is -0.502 e. The number of rotatable bonds is 2. The number of fused-ring (bicyclic) bond motifs is 1. The molecule has 1 aromatic heterocycles. The number of aromatic nitrogens is 2. The summed E-state index contributed by atoms with van der Waals surface area (Å²) < 4.78 is 0. The number of phenolic OH excluding ortho intramolecular Hbond substituents is 1. The van der Waals surface area contributed by atoms with Crippen LogP contribution in [0.4, 0.5) is 11.4 Å². The monoisotopic (exact) mass is 316 g/mol. The molecule has 0 spiro atoms. The van der Waals surface area contributed by atoms with Crippen LogP contribution in [0.15, 0.2) is 42.6 Å². The molecule has 9 heteroatoms. The molecule has 0 bridgehead atoms. The fraction of sp³-hybridized carbons (Fsp3) is 0.0714. The molecule has 0 fully saturated rings. The van der Waals surface area contributed by atoms with Crippen molar-refractivity contribution < 1.29 is 15.0 Å². The van der Waals surface area contributed by atoms with Gasteiger partial charge in [0.05, 0.1) is 27.6 Å². The number of hydrogen-bond donors (Lipinski definition) is 2. The van der Waals surface area contributed by atoms with Gasteiger partial charge in [-0.1, -0.05) is 18.2 Å². The Hall–Kier alpha value is -3.49. The maximum absolute atomic E-state index is 10.4. The number of aryl methyl sites for hydroxylation is 1. The third kappa shape index (κ3) is 3.59. The fourth-order valence-electron chi connectivity index (χ4n) is 1.87. The third-order valence-electron chi connectivity index (χ3n) is 3.02. The Morgan fingerprint density at radius 2 is 1.83 bits per heavy atom. The Balaban J connectivity index is 0.000000182. The molecule has 0 atom stereocenters. The van der Waals surface area contributed by atoms with Gasteiger partial charge in [-0.15, -0.1) is 0 Å². The zero-order valence-electron chi connectivity index (χ0n) is 12.0. The highest BCUT2D eigenvalue weighted by molar-refractivity contribution is 5.77. The number of aromatic amines is 1. The van der Waals surface area contributed by atoms with Gasteiger partial charge in [-0.2, -0.15) is 5.10 Å². The van der Waals surface area contributed by atoms with E-state index in [2.05, 4.69) is 10.2 Å². The Morgan fingerprint density at radius 3 is 2.43 bits per heavy atom. The lowest BCUT2D eigenvalue weighted by Crippen LogP contribution is -1.94. The molecule has 0 saturated heterocycles. The number of phenols is 1. The maximum atomic E-state index is 10.4. The molecule has 0 amide bonds. The lowest BCUT2D eigenvalue weighted by Gasteiger charge is -1.99. The van der Waals surface area contributed by atoms with Crippen LogP contribution >= 0.6 is 0 Å². The van der Waals surface area contributed by atoms with E-state index in [1.54, 1.807) is 0 Å². The standard InChI is InChI=1S/C7H6N2O5.C7H6N2/c1-4-2-5(8(11)12)3-6(7(4)10)9(13)14;1-2-4-7-6(3-1)5-8-9-7/h2-3,10H,1H3;1-5H,(H,8,9). The van der Waals surface area contributed by atoms with E-state index in [-0.39, 0.29) is 5.56 Å². The highest BCUT2D eigenvalue weighted by atomic mass is 16.6. The molecule has 0 aliphatic rings. The van der Waals surface area contributed by atoms with Crippen LogP contribution in [0, 0.1) is 27.2 Å². The highest BCUT2D eigenvalue weighted by Gasteiger charge is 2.21. The van der Waals surface area contributed by atoms with Crippen molar-refractivity contribution in [2.75, 3.05) is 0 Å². The molecule has 0 aliphatic heterocycles. The van der Waals surface area contributed by atoms with Crippen molar-refractivity contribution in [3.05, 3.63) is 68.4 Å². The van der Waals surface area contributed by atoms with Crippen LogP contribution in [-0.2, 0) is 0 Å². The molecule has 1 heterocycles. The average Bonchev–Trinajstić information content (AvgIpc) is 2.98. The number of aromatic hydroxyl groups is 1. The van der Waals surface area contributed by atoms with Gasteiger partial charge in [0.2, 0.25) is 0 Å². The summed E-state index contributed by atoms with van der Waals surface area (Å²) in [7, 11) is 0. The van der Waals surface area contributed by atoms with Crippen LogP contribution in [0.2, 0.25) is 0 Å². The largest absolute Gasteiger partial charge is 0.502 e. The van der Waals surface area contributed by atoms with Gasteiger partial charge in [0.25, 0.3) is 5.69 Å². The van der Waals surface area contributed by atoms with Crippen LogP contribution in [0.1, 0.15) is 5.56 Å². The second kappa shape index (κ2) is 6.52. The molecular weight excluding hydrogens is 304 g/mol. The molecule has 23 heavy (non-hydrogen) atoms. The number of non-ortho nitro benzene ring substituents is 1. The smallest absolute Gasteiger partial charge is 0.317 e. The van der Waals surface area contributed by atoms with Crippen molar-refractivity contribution >= 4 is 22.3 Å². The first-order valence-electron chi connectivity index (χ1n) is 6.40. The van der Waals surface area contributed by atoms with Crippen molar-refractivity contribution in [2.45, 2.75) is 6.92 Å². The van der Waals surface area contributed by atoms with Crippen molar-refractivity contribution in [1.29, 1.82) is 0 Å². The number of hydrogen-bond acceptors (Lipinski definition) is 6. The third-order valence-corrected chi connectivity index (χ3v) is 3.02. The van der Waals surface area contributed by atoms with Crippen molar-refractivity contribution in [3.63, 3.8) is 0 Å². The molecule has 118 valence electrons. The molecule has 3 rings (SSSR count). The van der Waals surface area contributed by atoms with E-state index < -0.39 is 27.0 Å². The Kier molecular flexibility index (Phi) is 4.50. The molecule has 0 unspecified atom stereocenters. The number of nitro benzene ring substituents is 2. The minimum atomic E-state index is -0.866. The Morgan fingerprint density at radius 1 is 1.13 bits per heavy atom. The summed E-state index contributed by atoms with van der Waals surface area (Å²) >= 11 is 0. The summed E-state index contributed by atoms with van der Waals surface area (Å²) in [4.78, 5) is 19.1. The molecule has 2 aromatic carbocycles. The topological polar surface area (TPSA) is 135 Å². The number of H-pyrrole nitrogens is 1. The van der Waals surface area contributed by atoms with Gasteiger partial charge >= 0.3 is 5.69 Å². The van der Waals surface area contributed by atoms with Crippen LogP contribution in [0.3, 0.4) is 0 Å². The molecule has 0 aliphatic carbocycles. The van der Waals surface area contributed by atoms with Crippen LogP contribution < -0.4 is 0 Å². The van der Waals surface area contributed by atoms with Crippen LogP contribution in [0.25, 0.3) is 10.9 Å². The first-order valence-corrected chi connectivity index (χ1v) is 6.40. The zero-order valence-corrected chi connectivity index (χ0v) is 12.0. The van der Waals surface area contributed by atoms with Crippen molar-refractivity contribution in [3.8, 4) is 5.75 Å². The molecule has 9 nitrogen and oxygen atoms in total. The SMILES string of the molecule is Cc1cc([N+](=O)[O-])cc([N+](=O)[O-])c1O.c1ccc2[nH]ncc2c1. The van der Waals surface area contributed by atoms with Gasteiger partial charge in [0.1, 0.15) is 0 Å². The second-order valence-electron chi connectivity index (χ2n) is 4.60. The molecule has 2 N–H and O–H groups in total. The molecule has 0 radical (unpaired) electrons. The number of para-hydroxylation sites is 1. The number of benzene rings is 2. The zero-order chi connectivity index (χ0) is 17.0. The number of nitrogens with one attached hydrogen (secondary N) is 1. The van der Waals surface area contributed by atoms with E-state index in [9.17, 15) is 25.3 Å². The highest BCUT2D eigenvalue weighted by Crippen LogP contribution is 2.33. The van der Waals surface area contributed by atoms with E-state index >= 15 is 0 Å². The molecule has 0 saturated carbocycles.